The molecular formula is C16H23F3O3. The van der Waals surface area contributed by atoms with Gasteiger partial charge in [0.1, 0.15) is 5.76 Å². The molecular weight excluding hydrogens is 297 g/mol. The fraction of sp³-hybridized carbons (Fsp3) is 0.812. The van der Waals surface area contributed by atoms with Gasteiger partial charge in [-0.05, 0) is 63.4 Å². The van der Waals surface area contributed by atoms with Crippen molar-refractivity contribution in [3.05, 3.63) is 11.8 Å². The molecule has 0 saturated heterocycles. The smallest absolute Gasteiger partial charge is 0.425 e. The van der Waals surface area contributed by atoms with Crippen molar-refractivity contribution >= 4 is 5.97 Å². The van der Waals surface area contributed by atoms with Gasteiger partial charge < -0.3 is 9.47 Å². The van der Waals surface area contributed by atoms with Gasteiger partial charge in [-0.15, -0.1) is 0 Å². The second-order valence-electron chi connectivity index (χ2n) is 6.08. The van der Waals surface area contributed by atoms with Crippen LogP contribution in [0.3, 0.4) is 0 Å². The molecule has 0 aromatic heterocycles. The predicted octanol–water partition coefficient (Wildman–Crippen LogP) is 4.37. The first-order valence-electron chi connectivity index (χ1n) is 7.99. The Hall–Kier alpha value is -1.04. The van der Waals surface area contributed by atoms with E-state index < -0.39 is 12.1 Å². The molecule has 2 aliphatic carbocycles. The highest BCUT2D eigenvalue weighted by molar-refractivity contribution is 5.76. The van der Waals surface area contributed by atoms with E-state index in [1.54, 1.807) is 6.08 Å². The molecule has 0 bridgehead atoms. The van der Waals surface area contributed by atoms with Crippen LogP contribution in [-0.2, 0) is 14.3 Å². The molecule has 0 aromatic carbocycles. The highest BCUT2D eigenvalue weighted by Crippen LogP contribution is 2.39. The van der Waals surface area contributed by atoms with Crippen molar-refractivity contribution in [1.82, 2.24) is 0 Å². The number of carbonyl (C=O) groups is 1. The summed E-state index contributed by atoms with van der Waals surface area (Å²) in [6.07, 6.45) is 3.36. The van der Waals surface area contributed by atoms with E-state index in [1.807, 2.05) is 6.92 Å². The summed E-state index contributed by atoms with van der Waals surface area (Å²) < 4.78 is 46.5. The van der Waals surface area contributed by atoms with Gasteiger partial charge in [-0.1, -0.05) is 0 Å². The average Bonchev–Trinajstić information content (AvgIpc) is 2.48. The van der Waals surface area contributed by atoms with Crippen LogP contribution in [0.5, 0.6) is 0 Å². The quantitative estimate of drug-likeness (QED) is 0.722. The number of carbonyl (C=O) groups excluding carboxylic acids is 1. The lowest BCUT2D eigenvalue weighted by Crippen LogP contribution is -2.28. The minimum atomic E-state index is -4.92. The summed E-state index contributed by atoms with van der Waals surface area (Å²) >= 11 is 0. The lowest BCUT2D eigenvalue weighted by atomic mass is 9.74. The first-order valence-corrected chi connectivity index (χ1v) is 7.99. The molecule has 1 atom stereocenters. The Kier molecular flexibility index (Phi) is 5.89. The lowest BCUT2D eigenvalue weighted by Gasteiger charge is -2.35. The number of rotatable bonds is 4. The Labute approximate surface area is 128 Å². The number of esters is 1. The van der Waals surface area contributed by atoms with E-state index in [-0.39, 0.29) is 5.76 Å². The number of halogens is 3. The maximum absolute atomic E-state index is 12.2. The van der Waals surface area contributed by atoms with Crippen LogP contribution < -0.4 is 0 Å². The van der Waals surface area contributed by atoms with Gasteiger partial charge in [-0.2, -0.15) is 13.2 Å². The number of alkyl halides is 3. The summed E-state index contributed by atoms with van der Waals surface area (Å²) in [6.45, 7) is 2.75. The third-order valence-electron chi connectivity index (χ3n) is 4.65. The number of hydrogen-bond acceptors (Lipinski definition) is 3. The van der Waals surface area contributed by atoms with E-state index in [0.717, 1.165) is 38.7 Å². The van der Waals surface area contributed by atoms with Gasteiger partial charge in [0, 0.05) is 13.0 Å². The molecule has 22 heavy (non-hydrogen) atoms. The van der Waals surface area contributed by atoms with E-state index in [9.17, 15) is 18.0 Å². The van der Waals surface area contributed by atoms with Crippen molar-refractivity contribution in [2.75, 3.05) is 6.61 Å². The fourth-order valence-corrected chi connectivity index (χ4v) is 3.49. The van der Waals surface area contributed by atoms with Crippen molar-refractivity contribution in [3.63, 3.8) is 0 Å². The predicted molar refractivity (Wildman–Crippen MR) is 74.9 cm³/mol. The third kappa shape index (κ3) is 4.73. The summed E-state index contributed by atoms with van der Waals surface area (Å²) in [5.74, 6) is -0.861. The Morgan fingerprint density at radius 2 is 1.86 bits per heavy atom. The average molecular weight is 320 g/mol. The van der Waals surface area contributed by atoms with E-state index in [0.29, 0.717) is 30.8 Å². The maximum atomic E-state index is 12.2. The molecule has 0 spiro atoms. The van der Waals surface area contributed by atoms with Crippen molar-refractivity contribution in [2.24, 2.45) is 11.8 Å². The Morgan fingerprint density at radius 1 is 1.18 bits per heavy atom. The SMILES string of the molecule is CCOC1CCC(C2CC=C(OC(=O)C(F)(F)F)CC2)CC1. The van der Waals surface area contributed by atoms with E-state index in [1.165, 1.54) is 0 Å². The van der Waals surface area contributed by atoms with Crippen molar-refractivity contribution in [3.8, 4) is 0 Å². The highest BCUT2D eigenvalue weighted by atomic mass is 19.4. The zero-order chi connectivity index (χ0) is 16.2. The van der Waals surface area contributed by atoms with E-state index >= 15 is 0 Å². The maximum Gasteiger partial charge on any atom is 0.491 e. The van der Waals surface area contributed by atoms with Gasteiger partial charge in [0.25, 0.3) is 0 Å². The van der Waals surface area contributed by atoms with Crippen LogP contribution in [0, 0.1) is 11.8 Å². The fourth-order valence-electron chi connectivity index (χ4n) is 3.49. The summed E-state index contributed by atoms with van der Waals surface area (Å²) in [7, 11) is 0. The number of hydrogen-bond donors (Lipinski definition) is 0. The molecule has 0 heterocycles. The van der Waals surface area contributed by atoms with Crippen LogP contribution in [0.15, 0.2) is 11.8 Å². The normalized spacial score (nSPS) is 29.8. The van der Waals surface area contributed by atoms with E-state index in [4.69, 9.17) is 4.74 Å². The van der Waals surface area contributed by atoms with Crippen molar-refractivity contribution < 1.29 is 27.4 Å². The largest absolute Gasteiger partial charge is 0.491 e. The van der Waals surface area contributed by atoms with Crippen LogP contribution in [0.25, 0.3) is 0 Å². The van der Waals surface area contributed by atoms with Gasteiger partial charge in [-0.3, -0.25) is 0 Å². The monoisotopic (exact) mass is 320 g/mol. The van der Waals surface area contributed by atoms with Crippen LogP contribution >= 0.6 is 0 Å². The minimum Gasteiger partial charge on any atom is -0.425 e. The Balaban J connectivity index is 1.78. The molecule has 1 unspecified atom stereocenters. The van der Waals surface area contributed by atoms with Crippen LogP contribution in [-0.4, -0.2) is 24.9 Å². The summed E-state index contributed by atoms with van der Waals surface area (Å²) in [5.41, 5.74) is 0. The highest BCUT2D eigenvalue weighted by Gasteiger charge is 2.42. The van der Waals surface area contributed by atoms with Gasteiger partial charge in [0.15, 0.2) is 0 Å². The second-order valence-corrected chi connectivity index (χ2v) is 6.08. The molecule has 126 valence electrons. The molecule has 0 radical (unpaired) electrons. The molecule has 0 aliphatic heterocycles. The standard InChI is InChI=1S/C16H23F3O3/c1-2-21-13-7-3-11(4-8-13)12-5-9-14(10-6-12)22-15(20)16(17,18)19/h9,11-13H,2-8,10H2,1H3. The first kappa shape index (κ1) is 17.3. The lowest BCUT2D eigenvalue weighted by molar-refractivity contribution is -0.195. The van der Waals surface area contributed by atoms with Gasteiger partial charge >= 0.3 is 12.1 Å². The molecule has 3 nitrogen and oxygen atoms in total. The number of ether oxygens (including phenoxy) is 2. The summed E-state index contributed by atoms with van der Waals surface area (Å²) in [4.78, 5) is 10.8. The molecule has 2 aliphatic rings. The Bertz CT molecular complexity index is 409. The van der Waals surface area contributed by atoms with Crippen LogP contribution in [0.4, 0.5) is 13.2 Å². The minimum absolute atomic E-state index is 0.168. The molecule has 1 saturated carbocycles. The van der Waals surface area contributed by atoms with Crippen LogP contribution in [0.1, 0.15) is 51.9 Å². The Morgan fingerprint density at radius 3 is 2.36 bits per heavy atom. The van der Waals surface area contributed by atoms with Gasteiger partial charge in [0.05, 0.1) is 6.10 Å². The molecule has 0 amide bonds. The van der Waals surface area contributed by atoms with Crippen LogP contribution in [0.2, 0.25) is 0 Å². The van der Waals surface area contributed by atoms with Gasteiger partial charge in [-0.25, -0.2) is 4.79 Å². The third-order valence-corrected chi connectivity index (χ3v) is 4.65. The topological polar surface area (TPSA) is 35.5 Å². The summed E-state index contributed by atoms with van der Waals surface area (Å²) in [5, 5.41) is 0. The van der Waals surface area contributed by atoms with Crippen molar-refractivity contribution in [1.29, 1.82) is 0 Å². The van der Waals surface area contributed by atoms with Crippen molar-refractivity contribution in [2.45, 2.75) is 64.1 Å². The molecule has 0 N–H and O–H groups in total. The van der Waals surface area contributed by atoms with E-state index in [2.05, 4.69) is 4.74 Å². The molecule has 0 aromatic rings. The molecule has 2 rings (SSSR count). The second kappa shape index (κ2) is 7.49. The number of allylic oxidation sites excluding steroid dienone is 2. The molecule has 1 fully saturated rings. The molecule has 6 heteroatoms. The zero-order valence-corrected chi connectivity index (χ0v) is 12.8. The summed E-state index contributed by atoms with van der Waals surface area (Å²) in [6, 6.07) is 0. The zero-order valence-electron chi connectivity index (χ0n) is 12.8. The first-order chi connectivity index (χ1) is 10.4. The van der Waals surface area contributed by atoms with Gasteiger partial charge in [0.2, 0.25) is 0 Å².